The molecule has 2 N–H and O–H groups in total. The predicted octanol–water partition coefficient (Wildman–Crippen LogP) is 0.774. The number of piperidine rings is 1. The molecule has 8 heteroatoms. The van der Waals surface area contributed by atoms with Crippen molar-refractivity contribution in [2.45, 2.75) is 44.0 Å². The number of hydrogen-bond donors (Lipinski definition) is 1. The number of hydrogen-bond acceptors (Lipinski definition) is 5. The SMILES string of the molecule is CC(C(=O)N1CCc2sccc2C1)N1CCC(S(N)(=O)=O)CC1. The third-order valence-corrected chi connectivity index (χ3v) is 7.39. The number of nitrogens with two attached hydrogens (primary N) is 1. The van der Waals surface area contributed by atoms with E-state index in [2.05, 4.69) is 16.3 Å². The maximum Gasteiger partial charge on any atom is 0.239 e. The van der Waals surface area contributed by atoms with Gasteiger partial charge < -0.3 is 4.90 Å². The number of amides is 1. The molecule has 6 nitrogen and oxygen atoms in total. The Hall–Kier alpha value is -0.960. The lowest BCUT2D eigenvalue weighted by Gasteiger charge is -2.37. The van der Waals surface area contributed by atoms with Crippen LogP contribution in [-0.2, 0) is 27.8 Å². The fourth-order valence-corrected chi connectivity index (χ4v) is 5.21. The summed E-state index contributed by atoms with van der Waals surface area (Å²) in [6.45, 7) is 4.58. The smallest absolute Gasteiger partial charge is 0.239 e. The highest BCUT2D eigenvalue weighted by Gasteiger charge is 2.33. The maximum atomic E-state index is 12.8. The summed E-state index contributed by atoms with van der Waals surface area (Å²) >= 11 is 1.76. The predicted molar refractivity (Wildman–Crippen MR) is 90.6 cm³/mol. The molecule has 1 unspecified atom stereocenters. The summed E-state index contributed by atoms with van der Waals surface area (Å²) in [7, 11) is -3.46. The van der Waals surface area contributed by atoms with Gasteiger partial charge in [-0.2, -0.15) is 0 Å². The number of rotatable bonds is 3. The quantitative estimate of drug-likeness (QED) is 0.866. The Kier molecular flexibility index (Phi) is 4.78. The lowest BCUT2D eigenvalue weighted by Crippen LogP contribution is -2.52. The molecule has 3 heterocycles. The lowest BCUT2D eigenvalue weighted by molar-refractivity contribution is -0.137. The number of fused-ring (bicyclic) bond motifs is 1. The van der Waals surface area contributed by atoms with Gasteiger partial charge in [0.1, 0.15) is 0 Å². The monoisotopic (exact) mass is 357 g/mol. The van der Waals surface area contributed by atoms with Gasteiger partial charge in [-0.3, -0.25) is 9.69 Å². The van der Waals surface area contributed by atoms with Crippen LogP contribution in [0, 0.1) is 0 Å². The van der Waals surface area contributed by atoms with E-state index in [0.29, 0.717) is 32.5 Å². The summed E-state index contributed by atoms with van der Waals surface area (Å²) < 4.78 is 22.8. The zero-order valence-corrected chi connectivity index (χ0v) is 14.9. The molecule has 0 aliphatic carbocycles. The van der Waals surface area contributed by atoms with Crippen molar-refractivity contribution in [3.05, 3.63) is 21.9 Å². The van der Waals surface area contributed by atoms with Gasteiger partial charge in [-0.15, -0.1) is 11.3 Å². The summed E-state index contributed by atoms with van der Waals surface area (Å²) in [5.41, 5.74) is 1.26. The fourth-order valence-electron chi connectivity index (χ4n) is 3.45. The molecule has 1 fully saturated rings. The largest absolute Gasteiger partial charge is 0.337 e. The summed E-state index contributed by atoms with van der Waals surface area (Å²) in [5.74, 6) is 0.135. The molecule has 1 aromatic heterocycles. The molecule has 0 aromatic carbocycles. The van der Waals surface area contributed by atoms with Crippen molar-refractivity contribution < 1.29 is 13.2 Å². The highest BCUT2D eigenvalue weighted by atomic mass is 32.2. The van der Waals surface area contributed by atoms with Crippen LogP contribution in [0.15, 0.2) is 11.4 Å². The minimum Gasteiger partial charge on any atom is -0.337 e. The average molecular weight is 358 g/mol. The molecular weight excluding hydrogens is 334 g/mol. The van der Waals surface area contributed by atoms with E-state index >= 15 is 0 Å². The van der Waals surface area contributed by atoms with Crippen LogP contribution in [0.1, 0.15) is 30.2 Å². The first-order chi connectivity index (χ1) is 10.9. The zero-order chi connectivity index (χ0) is 16.6. The van der Waals surface area contributed by atoms with Gasteiger partial charge in [-0.25, -0.2) is 13.6 Å². The molecule has 1 atom stereocenters. The summed E-state index contributed by atoms with van der Waals surface area (Å²) in [4.78, 5) is 18.1. The van der Waals surface area contributed by atoms with E-state index in [4.69, 9.17) is 5.14 Å². The number of carbonyl (C=O) groups is 1. The number of carbonyl (C=O) groups excluding carboxylic acids is 1. The Morgan fingerprint density at radius 1 is 1.35 bits per heavy atom. The van der Waals surface area contributed by atoms with Crippen LogP contribution < -0.4 is 5.14 Å². The van der Waals surface area contributed by atoms with Crippen LogP contribution in [0.3, 0.4) is 0 Å². The lowest BCUT2D eigenvalue weighted by atomic mass is 10.1. The van der Waals surface area contributed by atoms with Crippen molar-refractivity contribution in [3.63, 3.8) is 0 Å². The van der Waals surface area contributed by atoms with Gasteiger partial charge in [0.25, 0.3) is 0 Å². The molecule has 23 heavy (non-hydrogen) atoms. The molecule has 2 aliphatic rings. The van der Waals surface area contributed by atoms with E-state index in [1.165, 1.54) is 10.4 Å². The van der Waals surface area contributed by atoms with Gasteiger partial charge in [-0.05, 0) is 43.2 Å². The second-order valence-corrected chi connectivity index (χ2v) is 9.22. The van der Waals surface area contributed by atoms with E-state index in [0.717, 1.165) is 13.0 Å². The van der Waals surface area contributed by atoms with Crippen molar-refractivity contribution in [1.29, 1.82) is 0 Å². The highest BCUT2D eigenvalue weighted by molar-refractivity contribution is 7.89. The topological polar surface area (TPSA) is 83.7 Å². The summed E-state index contributed by atoms with van der Waals surface area (Å²) in [5, 5.41) is 6.84. The molecule has 3 rings (SSSR count). The number of sulfonamides is 1. The van der Waals surface area contributed by atoms with Crippen molar-refractivity contribution in [2.75, 3.05) is 19.6 Å². The third-order valence-electron chi connectivity index (χ3n) is 4.97. The Balaban J connectivity index is 1.59. The van der Waals surface area contributed by atoms with Crippen LogP contribution in [0.4, 0.5) is 0 Å². The minimum atomic E-state index is -3.46. The summed E-state index contributed by atoms with van der Waals surface area (Å²) in [6.07, 6.45) is 1.94. The average Bonchev–Trinajstić information content (AvgIpc) is 3.00. The van der Waals surface area contributed by atoms with E-state index in [9.17, 15) is 13.2 Å². The van der Waals surface area contributed by atoms with Gasteiger partial charge in [-0.1, -0.05) is 0 Å². The molecule has 0 saturated carbocycles. The van der Waals surface area contributed by atoms with Crippen molar-refractivity contribution >= 4 is 27.3 Å². The first-order valence-corrected chi connectivity index (χ1v) is 10.4. The van der Waals surface area contributed by atoms with Crippen LogP contribution >= 0.6 is 11.3 Å². The molecule has 2 aliphatic heterocycles. The number of likely N-dealkylation sites (tertiary alicyclic amines) is 1. The van der Waals surface area contributed by atoms with Gasteiger partial charge in [0.15, 0.2) is 0 Å². The van der Waals surface area contributed by atoms with E-state index < -0.39 is 15.3 Å². The molecule has 0 spiro atoms. The zero-order valence-electron chi connectivity index (χ0n) is 13.3. The van der Waals surface area contributed by atoms with Gasteiger partial charge in [0.05, 0.1) is 11.3 Å². The molecule has 1 amide bonds. The number of nitrogens with zero attached hydrogens (tertiary/aromatic N) is 2. The second kappa shape index (κ2) is 6.51. The molecular formula is C15H23N3O3S2. The summed E-state index contributed by atoms with van der Waals surface area (Å²) in [6, 6.07) is 1.89. The molecule has 1 aromatic rings. The van der Waals surface area contributed by atoms with Crippen molar-refractivity contribution in [2.24, 2.45) is 5.14 Å². The molecule has 0 radical (unpaired) electrons. The number of thiophene rings is 1. The van der Waals surface area contributed by atoms with Crippen LogP contribution in [0.5, 0.6) is 0 Å². The minimum absolute atomic E-state index is 0.135. The Labute approximate surface area is 141 Å². The van der Waals surface area contributed by atoms with Crippen LogP contribution in [0.25, 0.3) is 0 Å². The first kappa shape index (κ1) is 16.9. The van der Waals surface area contributed by atoms with Gasteiger partial charge in [0, 0.05) is 31.1 Å². The Bertz CT molecular complexity index is 678. The number of primary sulfonamides is 1. The van der Waals surface area contributed by atoms with Crippen LogP contribution in [-0.4, -0.2) is 55.1 Å². The van der Waals surface area contributed by atoms with E-state index in [1.54, 1.807) is 11.3 Å². The third kappa shape index (κ3) is 3.60. The van der Waals surface area contributed by atoms with Crippen molar-refractivity contribution in [3.8, 4) is 0 Å². The fraction of sp³-hybridized carbons (Fsp3) is 0.667. The van der Waals surface area contributed by atoms with Gasteiger partial charge in [0.2, 0.25) is 15.9 Å². The first-order valence-electron chi connectivity index (χ1n) is 7.96. The van der Waals surface area contributed by atoms with Gasteiger partial charge >= 0.3 is 0 Å². The van der Waals surface area contributed by atoms with Crippen molar-refractivity contribution in [1.82, 2.24) is 9.80 Å². The molecule has 0 bridgehead atoms. The molecule has 1 saturated heterocycles. The maximum absolute atomic E-state index is 12.8. The highest BCUT2D eigenvalue weighted by Crippen LogP contribution is 2.25. The van der Waals surface area contributed by atoms with E-state index in [-0.39, 0.29) is 11.9 Å². The van der Waals surface area contributed by atoms with E-state index in [1.807, 2.05) is 11.8 Å². The Morgan fingerprint density at radius 3 is 2.70 bits per heavy atom. The second-order valence-electron chi connectivity index (χ2n) is 6.38. The normalized spacial score (nSPS) is 21.9. The van der Waals surface area contributed by atoms with Crippen LogP contribution in [0.2, 0.25) is 0 Å². The Morgan fingerprint density at radius 2 is 2.04 bits per heavy atom. The molecule has 128 valence electrons. The standard InChI is InChI=1S/C15H23N3O3S2/c1-11(17-6-2-13(3-7-17)23(16,20)21)15(19)18-8-4-14-12(10-18)5-9-22-14/h5,9,11,13H,2-4,6-8,10H2,1H3,(H2,16,20,21).